The van der Waals surface area contributed by atoms with E-state index >= 15 is 0 Å². The Morgan fingerprint density at radius 1 is 0.875 bits per heavy atom. The molecule has 4 nitrogen and oxygen atoms in total. The first-order valence-corrected chi connectivity index (χ1v) is 7.81. The quantitative estimate of drug-likeness (QED) is 0.714. The molecule has 0 aliphatic rings. The molecule has 5 heteroatoms. The lowest BCUT2D eigenvalue weighted by Gasteiger charge is -2.10. The highest BCUT2D eigenvalue weighted by atomic mass is 32.1. The minimum atomic E-state index is -0.290. The van der Waals surface area contributed by atoms with Gasteiger partial charge in [-0.25, -0.2) is 0 Å². The van der Waals surface area contributed by atoms with Crippen LogP contribution in [0, 0.1) is 0 Å². The normalized spacial score (nSPS) is 10.0. The summed E-state index contributed by atoms with van der Waals surface area (Å²) >= 11 is 5.18. The Labute approximate surface area is 145 Å². The van der Waals surface area contributed by atoms with Gasteiger partial charge >= 0.3 is 0 Å². The topological polar surface area (TPSA) is 54.0 Å². The predicted molar refractivity (Wildman–Crippen MR) is 99.8 cm³/mol. The van der Waals surface area contributed by atoms with E-state index < -0.39 is 0 Å². The first-order chi connectivity index (χ1) is 11.7. The molecule has 0 atom stereocenters. The first-order valence-electron chi connectivity index (χ1n) is 7.40. The Hall–Kier alpha value is -3.05. The molecule has 0 saturated carbocycles. The summed E-state index contributed by atoms with van der Waals surface area (Å²) in [4.78, 5) is 15.9. The van der Waals surface area contributed by atoms with Crippen LogP contribution in [0.15, 0.2) is 79.1 Å². The van der Waals surface area contributed by atoms with Crippen molar-refractivity contribution < 1.29 is 4.79 Å². The molecular formula is C19H15N3OS. The summed E-state index contributed by atoms with van der Waals surface area (Å²) in [5.74, 6) is -0.290. The Morgan fingerprint density at radius 2 is 1.58 bits per heavy atom. The van der Waals surface area contributed by atoms with Gasteiger partial charge in [-0.15, -0.1) is 0 Å². The second-order valence-corrected chi connectivity index (χ2v) is 5.50. The largest absolute Gasteiger partial charge is 0.332 e. The molecule has 3 rings (SSSR count). The zero-order valence-electron chi connectivity index (χ0n) is 12.8. The molecule has 0 saturated heterocycles. The number of pyridine rings is 1. The van der Waals surface area contributed by atoms with Gasteiger partial charge in [-0.2, -0.15) is 0 Å². The lowest BCUT2D eigenvalue weighted by molar-refractivity contribution is 0.0977. The van der Waals surface area contributed by atoms with Crippen molar-refractivity contribution in [3.05, 3.63) is 84.7 Å². The van der Waals surface area contributed by atoms with E-state index in [4.69, 9.17) is 12.2 Å². The van der Waals surface area contributed by atoms with Gasteiger partial charge < -0.3 is 5.32 Å². The van der Waals surface area contributed by atoms with Crippen LogP contribution in [0.2, 0.25) is 0 Å². The third-order valence-electron chi connectivity index (χ3n) is 3.40. The number of hydrogen-bond donors (Lipinski definition) is 2. The van der Waals surface area contributed by atoms with E-state index in [-0.39, 0.29) is 11.0 Å². The van der Waals surface area contributed by atoms with Gasteiger partial charge in [0.15, 0.2) is 5.11 Å². The number of benzene rings is 2. The summed E-state index contributed by atoms with van der Waals surface area (Å²) in [5.41, 5.74) is 3.54. The molecule has 3 aromatic rings. The number of rotatable bonds is 3. The number of thiocarbonyl (C=S) groups is 1. The second kappa shape index (κ2) is 7.48. The average molecular weight is 333 g/mol. The summed E-state index contributed by atoms with van der Waals surface area (Å²) < 4.78 is 0. The van der Waals surface area contributed by atoms with Crippen molar-refractivity contribution in [1.82, 2.24) is 10.3 Å². The van der Waals surface area contributed by atoms with E-state index in [0.717, 1.165) is 16.8 Å². The number of nitrogens with one attached hydrogen (secondary N) is 2. The molecule has 118 valence electrons. The summed E-state index contributed by atoms with van der Waals surface area (Å²) in [6, 6.07) is 21.3. The van der Waals surface area contributed by atoms with Gasteiger partial charge in [0.05, 0.1) is 5.56 Å². The van der Waals surface area contributed by atoms with Crippen molar-refractivity contribution in [3.63, 3.8) is 0 Å². The maximum atomic E-state index is 12.0. The van der Waals surface area contributed by atoms with Crippen LogP contribution in [-0.4, -0.2) is 16.0 Å². The minimum absolute atomic E-state index is 0.247. The number of amides is 1. The highest BCUT2D eigenvalue weighted by Crippen LogP contribution is 2.20. The molecule has 2 N–H and O–H groups in total. The fourth-order valence-corrected chi connectivity index (χ4v) is 2.42. The predicted octanol–water partition coefficient (Wildman–Crippen LogP) is 3.88. The molecule has 24 heavy (non-hydrogen) atoms. The van der Waals surface area contributed by atoms with Crippen LogP contribution >= 0.6 is 12.2 Å². The number of carbonyl (C=O) groups is 1. The van der Waals surface area contributed by atoms with Crippen molar-refractivity contribution >= 4 is 28.9 Å². The number of anilines is 1. The zero-order chi connectivity index (χ0) is 16.8. The fraction of sp³-hybridized carbons (Fsp3) is 0. The average Bonchev–Trinajstić information content (AvgIpc) is 2.64. The van der Waals surface area contributed by atoms with Crippen molar-refractivity contribution in [3.8, 4) is 11.1 Å². The third kappa shape index (κ3) is 4.02. The Bertz CT molecular complexity index is 834. The Morgan fingerprint density at radius 3 is 2.25 bits per heavy atom. The van der Waals surface area contributed by atoms with Crippen molar-refractivity contribution in [2.75, 3.05) is 5.32 Å². The molecule has 1 aromatic heterocycles. The standard InChI is InChI=1S/C19H15N3OS/c23-18(16-7-4-12-20-13-16)22-19(24)21-17-10-8-15(9-11-17)14-5-2-1-3-6-14/h1-13H,(H2,21,22,23,24). The minimum Gasteiger partial charge on any atom is -0.332 e. The molecular weight excluding hydrogens is 318 g/mol. The van der Waals surface area contributed by atoms with E-state index in [9.17, 15) is 4.79 Å². The van der Waals surface area contributed by atoms with Gasteiger partial charge in [0.2, 0.25) is 0 Å². The molecule has 2 aromatic carbocycles. The summed E-state index contributed by atoms with van der Waals surface area (Å²) in [5, 5.41) is 5.88. The number of aromatic nitrogens is 1. The number of nitrogens with zero attached hydrogens (tertiary/aromatic N) is 1. The molecule has 1 heterocycles. The lowest BCUT2D eigenvalue weighted by Crippen LogP contribution is -2.34. The van der Waals surface area contributed by atoms with Crippen LogP contribution < -0.4 is 10.6 Å². The SMILES string of the molecule is O=C(NC(=S)Nc1ccc(-c2ccccc2)cc1)c1cccnc1. The smallest absolute Gasteiger partial charge is 0.258 e. The summed E-state index contributed by atoms with van der Waals surface area (Å²) in [6.45, 7) is 0. The van der Waals surface area contributed by atoms with Gasteiger partial charge in [-0.3, -0.25) is 15.1 Å². The van der Waals surface area contributed by atoms with Gasteiger partial charge in [-0.1, -0.05) is 42.5 Å². The van der Waals surface area contributed by atoms with Crippen molar-refractivity contribution in [1.29, 1.82) is 0 Å². The van der Waals surface area contributed by atoms with Crippen LogP contribution in [0.1, 0.15) is 10.4 Å². The molecule has 0 spiro atoms. The Kier molecular flexibility index (Phi) is 4.93. The van der Waals surface area contributed by atoms with Crippen molar-refractivity contribution in [2.45, 2.75) is 0 Å². The molecule has 0 bridgehead atoms. The van der Waals surface area contributed by atoms with Crippen LogP contribution in [0.5, 0.6) is 0 Å². The van der Waals surface area contributed by atoms with E-state index in [1.807, 2.05) is 42.5 Å². The zero-order valence-corrected chi connectivity index (χ0v) is 13.6. The third-order valence-corrected chi connectivity index (χ3v) is 3.60. The van der Waals surface area contributed by atoms with E-state index in [2.05, 4.69) is 27.8 Å². The van der Waals surface area contributed by atoms with E-state index in [1.165, 1.54) is 6.20 Å². The van der Waals surface area contributed by atoms with Crippen LogP contribution in [0.3, 0.4) is 0 Å². The Balaban J connectivity index is 1.62. The monoisotopic (exact) mass is 333 g/mol. The van der Waals surface area contributed by atoms with Gasteiger partial charge in [0.1, 0.15) is 0 Å². The van der Waals surface area contributed by atoms with Crippen molar-refractivity contribution in [2.24, 2.45) is 0 Å². The summed E-state index contributed by atoms with van der Waals surface area (Å²) in [7, 11) is 0. The second-order valence-electron chi connectivity index (χ2n) is 5.09. The highest BCUT2D eigenvalue weighted by Gasteiger charge is 2.07. The molecule has 0 aliphatic carbocycles. The first kappa shape index (κ1) is 15.8. The molecule has 1 amide bonds. The molecule has 0 fully saturated rings. The van der Waals surface area contributed by atoms with Crippen LogP contribution in [0.25, 0.3) is 11.1 Å². The summed E-state index contributed by atoms with van der Waals surface area (Å²) in [6.07, 6.45) is 3.11. The number of hydrogen-bond acceptors (Lipinski definition) is 3. The van der Waals surface area contributed by atoms with Crippen LogP contribution in [-0.2, 0) is 0 Å². The van der Waals surface area contributed by atoms with E-state index in [1.54, 1.807) is 18.3 Å². The molecule has 0 unspecified atom stereocenters. The van der Waals surface area contributed by atoms with E-state index in [0.29, 0.717) is 5.56 Å². The van der Waals surface area contributed by atoms with Gasteiger partial charge in [0.25, 0.3) is 5.91 Å². The molecule has 0 radical (unpaired) electrons. The molecule has 0 aliphatic heterocycles. The number of carbonyl (C=O) groups excluding carboxylic acids is 1. The lowest BCUT2D eigenvalue weighted by atomic mass is 10.1. The van der Waals surface area contributed by atoms with Gasteiger partial charge in [0, 0.05) is 18.1 Å². The highest BCUT2D eigenvalue weighted by molar-refractivity contribution is 7.80. The fourth-order valence-electron chi connectivity index (χ4n) is 2.21. The maximum absolute atomic E-state index is 12.0. The maximum Gasteiger partial charge on any atom is 0.258 e. The van der Waals surface area contributed by atoms with Crippen LogP contribution in [0.4, 0.5) is 5.69 Å². The van der Waals surface area contributed by atoms with Gasteiger partial charge in [-0.05, 0) is 47.6 Å².